The summed E-state index contributed by atoms with van der Waals surface area (Å²) in [6.07, 6.45) is -0.999. The zero-order valence-electron chi connectivity index (χ0n) is 39.4. The van der Waals surface area contributed by atoms with Crippen LogP contribution in [-0.2, 0) is 37.3 Å². The van der Waals surface area contributed by atoms with Gasteiger partial charge in [-0.25, -0.2) is 22.8 Å². The van der Waals surface area contributed by atoms with Crippen molar-refractivity contribution in [2.75, 3.05) is 19.8 Å². The van der Waals surface area contributed by atoms with Gasteiger partial charge in [0, 0.05) is 11.8 Å². The van der Waals surface area contributed by atoms with Crippen molar-refractivity contribution in [3.8, 4) is 0 Å². The van der Waals surface area contributed by atoms with Crippen LogP contribution in [0.5, 0.6) is 0 Å². The lowest BCUT2D eigenvalue weighted by Crippen LogP contribution is -2.47. The lowest BCUT2D eigenvalue weighted by molar-refractivity contribution is -0.0637. The average Bonchev–Trinajstić information content (AvgIpc) is 3.72. The summed E-state index contributed by atoms with van der Waals surface area (Å²) >= 11 is 27.3. The van der Waals surface area contributed by atoms with Gasteiger partial charge in [0.2, 0.25) is 15.9 Å². The fraction of sp³-hybridized carbons (Fsp3) is 0.511. The van der Waals surface area contributed by atoms with E-state index in [0.29, 0.717) is 33.4 Å². The van der Waals surface area contributed by atoms with E-state index in [1.54, 1.807) is 87.4 Å². The van der Waals surface area contributed by atoms with Gasteiger partial charge in [-0.1, -0.05) is 25.6 Å². The lowest BCUT2D eigenvalue weighted by atomic mass is 10.0. The molecule has 2 amide bonds. The van der Waals surface area contributed by atoms with Gasteiger partial charge in [-0.05, 0) is 174 Å². The zero-order chi connectivity index (χ0) is 51.5. The number of aliphatic hydroxyl groups is 2. The molecular weight excluding hydrogens is 1010 g/mol. The number of benzene rings is 3. The zero-order valence-corrected chi connectivity index (χ0v) is 43.1. The van der Waals surface area contributed by atoms with Crippen molar-refractivity contribution in [1.82, 2.24) is 24.8 Å². The molecule has 0 radical (unpaired) electrons. The highest BCUT2D eigenvalue weighted by molar-refractivity contribution is 6.33. The van der Waals surface area contributed by atoms with Crippen LogP contribution in [0.1, 0.15) is 128 Å². The number of aromatic nitrogens is 3. The monoisotopic (exact) mass is 1070 g/mol. The van der Waals surface area contributed by atoms with Crippen LogP contribution >= 0.6 is 58.0 Å². The molecule has 22 heteroatoms. The summed E-state index contributed by atoms with van der Waals surface area (Å²) in [4.78, 5) is 38.6. The molecule has 0 spiro atoms. The normalized spacial score (nSPS) is 17.5. The van der Waals surface area contributed by atoms with Crippen LogP contribution in [0.15, 0.2) is 54.6 Å². The molecule has 384 valence electrons. The molecule has 3 heterocycles. The molecule has 4 N–H and O–H groups in total. The highest BCUT2D eigenvalue weighted by atomic mass is 35.5. The number of halogens is 8. The minimum atomic E-state index is -0.862. The van der Waals surface area contributed by atoms with E-state index in [1.807, 2.05) is 0 Å². The quantitative estimate of drug-likeness (QED) is 0.149. The summed E-state index contributed by atoms with van der Waals surface area (Å²) in [6.45, 7) is 17.9. The standard InChI is InChI=1S/C17H23ClFNO3.C17H24FNO4.C9H11ClFNO.C3Cl3N3.CH4/c1-16(2,3)23-15(21)20-14(10-22-17(20,4)5)12-6-11(9-18)7-13(19)8-12;1-16(2,3)23-15(21)19-14(10-22-17(19,4)5)12-6-11(9-20)7-13(18)8-12;10-4-6-1-7(9(12)5-13)3-8(11)2-6;4-1-7-2(5)9-3(6)8-1;/h6-8,14H,9-10H2,1-5H3;6-8,14,20H,9-10H2,1-5H3;1-3,9,13H,4-5,12H2;;1H4/t2*14-;9-;;/m111../s1. The van der Waals surface area contributed by atoms with E-state index in [-0.39, 0.29) is 73.1 Å². The van der Waals surface area contributed by atoms with Gasteiger partial charge in [-0.3, -0.25) is 9.80 Å². The fourth-order valence-electron chi connectivity index (χ4n) is 6.69. The number of aliphatic hydroxyl groups excluding tert-OH is 2. The Balaban J connectivity index is 0.000000333. The second-order valence-corrected chi connectivity index (χ2v) is 19.8. The number of ether oxygens (including phenoxy) is 4. The Morgan fingerprint density at radius 1 is 0.681 bits per heavy atom. The number of rotatable bonds is 7. The van der Waals surface area contributed by atoms with E-state index >= 15 is 0 Å². The molecule has 14 nitrogen and oxygen atoms in total. The first-order valence-electron chi connectivity index (χ1n) is 20.9. The molecule has 6 rings (SSSR count). The second-order valence-electron chi connectivity index (χ2n) is 18.3. The number of hydrogen-bond acceptors (Lipinski definition) is 12. The van der Waals surface area contributed by atoms with Crippen LogP contribution in [-0.4, -0.2) is 89.6 Å². The molecule has 2 saturated heterocycles. The SMILES string of the molecule is C.CC(C)(C)OC(=O)N1[C@@H](c2cc(F)cc(CCl)c2)COC1(C)C.CC(C)(C)OC(=O)N1[C@@H](c2cc(F)cc(CO)c2)COC1(C)C.Clc1nc(Cl)nc(Cl)n1.N[C@H](CO)c1cc(F)cc(CCl)c1. The van der Waals surface area contributed by atoms with Gasteiger partial charge >= 0.3 is 12.2 Å². The van der Waals surface area contributed by atoms with E-state index in [9.17, 15) is 27.9 Å². The third-order valence-electron chi connectivity index (χ3n) is 9.53. The minimum absolute atomic E-state index is 0. The fourth-order valence-corrected chi connectivity index (χ4v) is 7.61. The van der Waals surface area contributed by atoms with Crippen LogP contribution in [0, 0.1) is 17.5 Å². The van der Waals surface area contributed by atoms with Gasteiger partial charge in [0.1, 0.15) is 40.1 Å². The van der Waals surface area contributed by atoms with Crippen molar-refractivity contribution >= 4 is 70.2 Å². The van der Waals surface area contributed by atoms with E-state index in [4.69, 9.17) is 87.8 Å². The van der Waals surface area contributed by atoms with Crippen LogP contribution in [0.2, 0.25) is 15.9 Å². The van der Waals surface area contributed by atoms with Gasteiger partial charge in [0.05, 0.1) is 44.6 Å². The molecule has 2 aliphatic heterocycles. The highest BCUT2D eigenvalue weighted by Crippen LogP contribution is 2.40. The summed E-state index contributed by atoms with van der Waals surface area (Å²) < 4.78 is 62.9. The van der Waals surface area contributed by atoms with Gasteiger partial charge in [0.25, 0.3) is 0 Å². The molecule has 3 aromatic carbocycles. The number of hydrogen-bond donors (Lipinski definition) is 3. The van der Waals surface area contributed by atoms with Crippen molar-refractivity contribution in [2.45, 2.75) is 136 Å². The summed E-state index contributed by atoms with van der Waals surface area (Å²) in [6, 6.07) is 11.8. The molecule has 4 aromatic rings. The molecule has 3 atom stereocenters. The van der Waals surface area contributed by atoms with Crippen molar-refractivity contribution in [2.24, 2.45) is 5.73 Å². The number of carbonyl (C=O) groups excluding carboxylic acids is 2. The highest BCUT2D eigenvalue weighted by Gasteiger charge is 2.47. The number of nitrogens with two attached hydrogens (primary N) is 1. The summed E-state index contributed by atoms with van der Waals surface area (Å²) in [5.74, 6) is -0.777. The van der Waals surface area contributed by atoms with Crippen molar-refractivity contribution in [3.05, 3.63) is 121 Å². The Hall–Kier alpha value is -3.75. The first-order chi connectivity index (χ1) is 31.4. The maximum absolute atomic E-state index is 13.8. The molecule has 69 heavy (non-hydrogen) atoms. The Morgan fingerprint density at radius 2 is 1.03 bits per heavy atom. The lowest BCUT2D eigenvalue weighted by Gasteiger charge is -2.35. The minimum Gasteiger partial charge on any atom is -0.444 e. The number of nitrogens with zero attached hydrogens (tertiary/aromatic N) is 5. The molecule has 0 aliphatic carbocycles. The van der Waals surface area contributed by atoms with Crippen molar-refractivity contribution in [3.63, 3.8) is 0 Å². The van der Waals surface area contributed by atoms with Gasteiger partial charge < -0.3 is 34.9 Å². The van der Waals surface area contributed by atoms with Crippen molar-refractivity contribution < 1.29 is 51.9 Å². The number of amides is 2. The van der Waals surface area contributed by atoms with Crippen LogP contribution in [0.25, 0.3) is 0 Å². The Bertz CT molecular complexity index is 2190. The van der Waals surface area contributed by atoms with Gasteiger partial charge in [-0.2, -0.15) is 15.0 Å². The maximum Gasteiger partial charge on any atom is 0.413 e. The summed E-state index contributed by atoms with van der Waals surface area (Å²) in [5.41, 5.74) is 6.14. The first kappa shape index (κ1) is 61.4. The predicted molar refractivity (Wildman–Crippen MR) is 262 cm³/mol. The van der Waals surface area contributed by atoms with E-state index in [1.165, 1.54) is 46.2 Å². The third-order valence-corrected chi connectivity index (χ3v) is 10.7. The van der Waals surface area contributed by atoms with Crippen LogP contribution in [0.4, 0.5) is 22.8 Å². The Morgan fingerprint density at radius 3 is 1.38 bits per heavy atom. The molecule has 0 unspecified atom stereocenters. The first-order valence-corrected chi connectivity index (χ1v) is 23.1. The largest absolute Gasteiger partial charge is 0.444 e. The molecule has 1 aromatic heterocycles. The third kappa shape index (κ3) is 19.1. The summed E-state index contributed by atoms with van der Waals surface area (Å²) in [7, 11) is 0. The van der Waals surface area contributed by atoms with Gasteiger partial charge in [0.15, 0.2) is 0 Å². The topological polar surface area (TPSA) is 183 Å². The molecular formula is C47H62Cl5F3N6O8. The predicted octanol–water partition coefficient (Wildman–Crippen LogP) is 12.0. The summed E-state index contributed by atoms with van der Waals surface area (Å²) in [5, 5.41) is 18.0. The molecule has 0 saturated carbocycles. The number of alkyl halides is 2. The van der Waals surface area contributed by atoms with Crippen LogP contribution < -0.4 is 5.73 Å². The molecule has 0 bridgehead atoms. The van der Waals surface area contributed by atoms with E-state index in [2.05, 4.69) is 15.0 Å². The second kappa shape index (κ2) is 26.1. The molecule has 2 fully saturated rings. The van der Waals surface area contributed by atoms with Crippen molar-refractivity contribution in [1.29, 1.82) is 0 Å². The Labute approximate surface area is 427 Å². The maximum atomic E-state index is 13.8. The smallest absolute Gasteiger partial charge is 0.413 e. The molecule has 2 aliphatic rings. The van der Waals surface area contributed by atoms with E-state index < -0.39 is 58.8 Å². The Kier molecular flexibility index (Phi) is 23.2. The average molecular weight is 1070 g/mol. The van der Waals surface area contributed by atoms with E-state index in [0.717, 1.165) is 0 Å². The number of carbonyl (C=O) groups is 2. The van der Waals surface area contributed by atoms with Crippen LogP contribution in [0.3, 0.4) is 0 Å². The van der Waals surface area contributed by atoms with Gasteiger partial charge in [-0.15, -0.1) is 23.2 Å².